The van der Waals surface area contributed by atoms with E-state index < -0.39 is 34.6 Å². The minimum atomic E-state index is -2.65. The number of esters is 1. The van der Waals surface area contributed by atoms with E-state index in [-0.39, 0.29) is 41.8 Å². The molecule has 0 radical (unpaired) electrons. The fraction of sp³-hybridized carbons (Fsp3) is 0.432. The highest BCUT2D eigenvalue weighted by molar-refractivity contribution is 7.80. The van der Waals surface area contributed by atoms with Gasteiger partial charge in [-0.2, -0.15) is 4.41 Å². The van der Waals surface area contributed by atoms with E-state index in [0.29, 0.717) is 23.5 Å². The SMILES string of the molecule is COC(=O)CN1CCC(CN2CCN(c3ccc(-c4cnc5[nH]cc(C(=O)c6c(F)ccc(N(N7CC[C@@H](F)C7)S(=O)O)c6Cl)c5c4)cc3)CC2)CC1. The summed E-state index contributed by atoms with van der Waals surface area (Å²) < 4.78 is 57.4. The zero-order valence-corrected chi connectivity index (χ0v) is 30.9. The average molecular weight is 770 g/mol. The second-order valence-corrected chi connectivity index (χ2v) is 15.0. The molecule has 12 nitrogen and oxygen atoms in total. The van der Waals surface area contributed by atoms with Crippen LogP contribution < -0.4 is 9.31 Å². The molecule has 53 heavy (non-hydrogen) atoms. The number of piperazine rings is 1. The van der Waals surface area contributed by atoms with Crippen molar-refractivity contribution in [1.29, 1.82) is 0 Å². The van der Waals surface area contributed by atoms with Gasteiger partial charge in [-0.05, 0) is 74.2 Å². The largest absolute Gasteiger partial charge is 0.468 e. The Labute approximate surface area is 314 Å². The van der Waals surface area contributed by atoms with Gasteiger partial charge in [0.1, 0.15) is 17.6 Å². The van der Waals surface area contributed by atoms with Gasteiger partial charge in [0.05, 0.1) is 36.5 Å². The van der Waals surface area contributed by atoms with Crippen molar-refractivity contribution in [3.63, 3.8) is 0 Å². The first-order valence-corrected chi connectivity index (χ1v) is 19.2. The molecule has 282 valence electrons. The summed E-state index contributed by atoms with van der Waals surface area (Å²) in [5.41, 5.74) is 2.79. The van der Waals surface area contributed by atoms with E-state index >= 15 is 4.39 Å². The minimum Gasteiger partial charge on any atom is -0.468 e. The van der Waals surface area contributed by atoms with Crippen molar-refractivity contribution in [2.75, 3.05) is 81.9 Å². The first-order chi connectivity index (χ1) is 25.6. The Bertz CT molecular complexity index is 1990. The van der Waals surface area contributed by atoms with Gasteiger partial charge in [0.2, 0.25) is 0 Å². The first-order valence-electron chi connectivity index (χ1n) is 17.8. The maximum atomic E-state index is 15.3. The predicted octanol–water partition coefficient (Wildman–Crippen LogP) is 5.16. The maximum Gasteiger partial charge on any atom is 0.319 e. The van der Waals surface area contributed by atoms with E-state index in [2.05, 4.69) is 36.8 Å². The Morgan fingerprint density at radius 3 is 2.42 bits per heavy atom. The average Bonchev–Trinajstić information content (AvgIpc) is 3.79. The summed E-state index contributed by atoms with van der Waals surface area (Å²) in [5, 5.41) is 1.43. The normalized spacial score (nSPS) is 19.9. The lowest BCUT2D eigenvalue weighted by Gasteiger charge is -2.39. The number of nitrogens with one attached hydrogen (secondary N) is 1. The van der Waals surface area contributed by atoms with Gasteiger partial charge in [-0.15, -0.1) is 0 Å². The number of nitrogens with zero attached hydrogens (tertiary/aromatic N) is 6. The molecule has 2 aromatic carbocycles. The number of carbonyl (C=O) groups is 2. The summed E-state index contributed by atoms with van der Waals surface area (Å²) in [6.07, 6.45) is 4.28. The fourth-order valence-electron chi connectivity index (χ4n) is 7.57. The van der Waals surface area contributed by atoms with Gasteiger partial charge in [0, 0.05) is 73.9 Å². The molecular formula is C37H42ClF2N7O5S. The molecule has 0 aliphatic carbocycles. The standard InChI is InChI=1S/C37H42ClF2N7O5S/c1-52-33(48)23-43-11-8-24(9-12-43)21-44-14-16-45(17-15-44)28-4-2-25(3-5-28)26-18-29-30(20-42-37(29)41-19-26)36(49)34-31(40)6-7-32(35(34)38)47(53(50)51)46-13-10-27(39)22-46/h2-7,18-20,24,27H,8-17,21-23H2,1H3,(H,41,42)(H,50,51)/t27-/m1/s1. The number of alkyl halides is 1. The Balaban J connectivity index is 1.02. The van der Waals surface area contributed by atoms with E-state index in [1.807, 2.05) is 18.2 Å². The second kappa shape index (κ2) is 16.2. The summed E-state index contributed by atoms with van der Waals surface area (Å²) >= 11 is 3.95. The first kappa shape index (κ1) is 37.3. The van der Waals surface area contributed by atoms with E-state index in [4.69, 9.17) is 16.3 Å². The molecule has 0 spiro atoms. The molecule has 0 amide bonds. The number of ether oxygens (including phenoxy) is 1. The fourth-order valence-corrected chi connectivity index (χ4v) is 8.61. The van der Waals surface area contributed by atoms with Gasteiger partial charge in [0.25, 0.3) is 11.3 Å². The van der Waals surface area contributed by atoms with Gasteiger partial charge in [-0.25, -0.2) is 23.0 Å². The highest BCUT2D eigenvalue weighted by Gasteiger charge is 2.34. The van der Waals surface area contributed by atoms with E-state index in [1.165, 1.54) is 24.4 Å². The number of rotatable bonds is 11. The number of ketones is 1. The molecule has 16 heteroatoms. The number of hydrogen-bond donors (Lipinski definition) is 2. The molecule has 2 N–H and O–H groups in total. The third kappa shape index (κ3) is 8.10. The Morgan fingerprint density at radius 2 is 1.75 bits per heavy atom. The smallest absolute Gasteiger partial charge is 0.319 e. The summed E-state index contributed by atoms with van der Waals surface area (Å²) in [7, 11) is 1.43. The number of carbonyl (C=O) groups excluding carboxylic acids is 2. The van der Waals surface area contributed by atoms with Crippen LogP contribution in [0, 0.1) is 11.7 Å². The number of hydrogen-bond acceptors (Lipinski definition) is 9. The number of piperidine rings is 1. The molecule has 1 unspecified atom stereocenters. The molecule has 3 fully saturated rings. The lowest BCUT2D eigenvalue weighted by molar-refractivity contribution is -0.142. The number of methoxy groups -OCH3 is 1. The van der Waals surface area contributed by atoms with Crippen molar-refractivity contribution >= 4 is 57.0 Å². The number of aromatic amines is 1. The monoisotopic (exact) mass is 769 g/mol. The number of halogens is 3. The van der Waals surface area contributed by atoms with E-state index in [1.54, 1.807) is 6.20 Å². The van der Waals surface area contributed by atoms with Crippen LogP contribution in [-0.4, -0.2) is 124 Å². The number of aromatic nitrogens is 2. The molecule has 3 aliphatic rings. The van der Waals surface area contributed by atoms with E-state index in [9.17, 15) is 22.7 Å². The Kier molecular flexibility index (Phi) is 11.4. The molecular weight excluding hydrogens is 728 g/mol. The molecule has 0 saturated carbocycles. The van der Waals surface area contributed by atoms with Crippen LogP contribution in [0.5, 0.6) is 0 Å². The third-order valence-electron chi connectivity index (χ3n) is 10.5. The van der Waals surface area contributed by atoms with Crippen LogP contribution in [0.4, 0.5) is 20.2 Å². The molecule has 2 aromatic heterocycles. The van der Waals surface area contributed by atoms with Crippen molar-refractivity contribution in [3.8, 4) is 11.1 Å². The van der Waals surface area contributed by atoms with Gasteiger partial charge in [0.15, 0.2) is 5.78 Å². The van der Waals surface area contributed by atoms with Crippen molar-refractivity contribution in [2.24, 2.45) is 5.92 Å². The van der Waals surface area contributed by atoms with Crippen LogP contribution >= 0.6 is 11.6 Å². The number of likely N-dealkylation sites (tertiary alicyclic amines) is 1. The van der Waals surface area contributed by atoms with Gasteiger partial charge >= 0.3 is 5.97 Å². The Hall–Kier alpha value is -3.99. The molecule has 4 aromatic rings. The van der Waals surface area contributed by atoms with Crippen molar-refractivity contribution in [3.05, 3.63) is 76.8 Å². The number of anilines is 2. The zero-order valence-electron chi connectivity index (χ0n) is 29.3. The summed E-state index contributed by atoms with van der Waals surface area (Å²) in [5.74, 6) is -1.18. The van der Waals surface area contributed by atoms with Crippen molar-refractivity contribution < 1.29 is 31.9 Å². The van der Waals surface area contributed by atoms with Crippen LogP contribution in [0.25, 0.3) is 22.2 Å². The third-order valence-corrected chi connectivity index (χ3v) is 11.6. The van der Waals surface area contributed by atoms with Crippen molar-refractivity contribution in [2.45, 2.75) is 25.4 Å². The number of hydrazine groups is 1. The summed E-state index contributed by atoms with van der Waals surface area (Å²) in [4.78, 5) is 40.1. The van der Waals surface area contributed by atoms with Crippen LogP contribution in [0.2, 0.25) is 5.02 Å². The molecule has 0 bridgehead atoms. The minimum absolute atomic E-state index is 0.0825. The highest BCUT2D eigenvalue weighted by atomic mass is 35.5. The second-order valence-electron chi connectivity index (χ2n) is 13.8. The van der Waals surface area contributed by atoms with Gasteiger partial charge in [-0.3, -0.25) is 23.9 Å². The Morgan fingerprint density at radius 1 is 1.02 bits per heavy atom. The van der Waals surface area contributed by atoms with Crippen molar-refractivity contribution in [1.82, 2.24) is 24.8 Å². The number of fused-ring (bicyclic) bond motifs is 1. The molecule has 2 atom stereocenters. The molecule has 3 saturated heterocycles. The van der Waals surface area contributed by atoms with Crippen LogP contribution in [-0.2, 0) is 20.8 Å². The molecule has 3 aliphatic heterocycles. The number of pyridine rings is 1. The predicted molar refractivity (Wildman–Crippen MR) is 201 cm³/mol. The molecule has 5 heterocycles. The number of benzene rings is 2. The van der Waals surface area contributed by atoms with Crippen LogP contribution in [0.3, 0.4) is 0 Å². The maximum absolute atomic E-state index is 15.3. The lowest BCUT2D eigenvalue weighted by Crippen LogP contribution is -2.49. The quantitative estimate of drug-likeness (QED) is 0.120. The summed E-state index contributed by atoms with van der Waals surface area (Å²) in [6.45, 7) is 7.11. The van der Waals surface area contributed by atoms with Crippen LogP contribution in [0.15, 0.2) is 54.9 Å². The highest BCUT2D eigenvalue weighted by Crippen LogP contribution is 2.37. The van der Waals surface area contributed by atoms with E-state index in [0.717, 1.165) is 85.9 Å². The summed E-state index contributed by atoms with van der Waals surface area (Å²) in [6, 6.07) is 12.2. The molecule has 7 rings (SSSR count). The number of H-pyrrole nitrogens is 1. The van der Waals surface area contributed by atoms with Crippen LogP contribution in [0.1, 0.15) is 35.2 Å². The van der Waals surface area contributed by atoms with Gasteiger partial charge in [-0.1, -0.05) is 23.7 Å². The zero-order chi connectivity index (χ0) is 37.2. The van der Waals surface area contributed by atoms with Gasteiger partial charge < -0.3 is 14.6 Å². The topological polar surface area (TPSA) is 126 Å². The lowest BCUT2D eigenvalue weighted by atomic mass is 9.96.